The summed E-state index contributed by atoms with van der Waals surface area (Å²) in [5, 5.41) is 0. The lowest BCUT2D eigenvalue weighted by Gasteiger charge is -2.22. The first-order valence-corrected chi connectivity index (χ1v) is 5.59. The number of hydrogen-bond acceptors (Lipinski definition) is 2. The van der Waals surface area contributed by atoms with Crippen LogP contribution in [-0.4, -0.2) is 18.1 Å². The number of thioether (sulfide) groups is 1. The molecule has 0 fully saturated rings. The van der Waals surface area contributed by atoms with Crippen LogP contribution in [0, 0.1) is 5.41 Å². The maximum absolute atomic E-state index is 5.93. The van der Waals surface area contributed by atoms with E-state index in [4.69, 9.17) is 5.73 Å². The van der Waals surface area contributed by atoms with Gasteiger partial charge in [-0.15, -0.1) is 0 Å². The average molecular weight is 175 g/mol. The number of hydrogen-bond donors (Lipinski definition) is 1. The van der Waals surface area contributed by atoms with E-state index < -0.39 is 0 Å². The Bertz CT molecular complexity index is 96.2. The summed E-state index contributed by atoms with van der Waals surface area (Å²) in [7, 11) is 0. The molecule has 0 saturated carbocycles. The van der Waals surface area contributed by atoms with E-state index in [1.165, 1.54) is 5.75 Å². The van der Waals surface area contributed by atoms with Crippen LogP contribution in [0.5, 0.6) is 0 Å². The topological polar surface area (TPSA) is 26.0 Å². The molecule has 1 atom stereocenters. The molecule has 68 valence electrons. The molecule has 1 nitrogen and oxygen atoms in total. The Morgan fingerprint density at radius 3 is 2.27 bits per heavy atom. The smallest absolute Gasteiger partial charge is 0.00516 e. The molecular weight excluding hydrogens is 154 g/mol. The van der Waals surface area contributed by atoms with Crippen molar-refractivity contribution in [2.24, 2.45) is 11.1 Å². The summed E-state index contributed by atoms with van der Waals surface area (Å²) in [6, 6.07) is 0.391. The number of nitrogens with two attached hydrogens (primary N) is 1. The fourth-order valence-corrected chi connectivity index (χ4v) is 1.70. The van der Waals surface area contributed by atoms with Gasteiger partial charge in [0.15, 0.2) is 0 Å². The van der Waals surface area contributed by atoms with Gasteiger partial charge in [0, 0.05) is 6.04 Å². The van der Waals surface area contributed by atoms with Crippen molar-refractivity contribution in [2.45, 2.75) is 39.7 Å². The molecular formula is C9H21NS. The van der Waals surface area contributed by atoms with E-state index in [2.05, 4.69) is 27.0 Å². The Balaban J connectivity index is 3.44. The molecule has 2 N–H and O–H groups in total. The fourth-order valence-electron chi connectivity index (χ4n) is 1.16. The van der Waals surface area contributed by atoms with Crippen molar-refractivity contribution in [3.8, 4) is 0 Å². The van der Waals surface area contributed by atoms with E-state index in [1.807, 2.05) is 11.8 Å². The highest BCUT2D eigenvalue weighted by molar-refractivity contribution is 7.98. The molecule has 0 amide bonds. The fraction of sp³-hybridized carbons (Fsp3) is 1.00. The highest BCUT2D eigenvalue weighted by atomic mass is 32.2. The van der Waals surface area contributed by atoms with Crippen molar-refractivity contribution < 1.29 is 0 Å². The van der Waals surface area contributed by atoms with Crippen molar-refractivity contribution in [1.29, 1.82) is 0 Å². The van der Waals surface area contributed by atoms with E-state index in [0.717, 1.165) is 12.8 Å². The van der Waals surface area contributed by atoms with Crippen LogP contribution in [-0.2, 0) is 0 Å². The summed E-state index contributed by atoms with van der Waals surface area (Å²) < 4.78 is 0. The summed E-state index contributed by atoms with van der Waals surface area (Å²) in [6.07, 6.45) is 4.41. The van der Waals surface area contributed by atoms with Crippen LogP contribution >= 0.6 is 11.8 Å². The monoisotopic (exact) mass is 175 g/mol. The van der Waals surface area contributed by atoms with Gasteiger partial charge in [-0.05, 0) is 30.3 Å². The first kappa shape index (κ1) is 11.3. The molecule has 0 aromatic carbocycles. The van der Waals surface area contributed by atoms with Gasteiger partial charge in [0.05, 0.1) is 0 Å². The molecule has 0 spiro atoms. The quantitative estimate of drug-likeness (QED) is 0.710. The van der Waals surface area contributed by atoms with Gasteiger partial charge in [-0.25, -0.2) is 0 Å². The van der Waals surface area contributed by atoms with E-state index in [1.54, 1.807) is 0 Å². The van der Waals surface area contributed by atoms with E-state index in [9.17, 15) is 0 Å². The highest BCUT2D eigenvalue weighted by Crippen LogP contribution is 2.21. The molecule has 0 unspecified atom stereocenters. The van der Waals surface area contributed by atoms with E-state index in [0.29, 0.717) is 11.5 Å². The van der Waals surface area contributed by atoms with Crippen LogP contribution in [0.15, 0.2) is 0 Å². The second kappa shape index (κ2) is 5.04. The van der Waals surface area contributed by atoms with Crippen molar-refractivity contribution in [3.05, 3.63) is 0 Å². The first-order chi connectivity index (χ1) is 4.95. The van der Waals surface area contributed by atoms with Crippen molar-refractivity contribution >= 4 is 11.8 Å². The molecule has 0 aromatic heterocycles. The lowest BCUT2D eigenvalue weighted by Crippen LogP contribution is -2.26. The normalized spacial score (nSPS) is 15.0. The van der Waals surface area contributed by atoms with Crippen LogP contribution in [0.4, 0.5) is 0 Å². The Morgan fingerprint density at radius 2 is 1.91 bits per heavy atom. The van der Waals surface area contributed by atoms with Gasteiger partial charge in [-0.2, -0.15) is 11.8 Å². The molecule has 0 bridgehead atoms. The van der Waals surface area contributed by atoms with Gasteiger partial charge >= 0.3 is 0 Å². The maximum atomic E-state index is 5.93. The number of rotatable bonds is 4. The zero-order valence-electron chi connectivity index (χ0n) is 8.18. The van der Waals surface area contributed by atoms with Crippen molar-refractivity contribution in [2.75, 3.05) is 12.0 Å². The summed E-state index contributed by atoms with van der Waals surface area (Å²) in [4.78, 5) is 0. The third-order valence-electron chi connectivity index (χ3n) is 1.57. The second-order valence-electron chi connectivity index (χ2n) is 4.31. The highest BCUT2D eigenvalue weighted by Gasteiger charge is 2.14. The van der Waals surface area contributed by atoms with Crippen LogP contribution in [0.3, 0.4) is 0 Å². The molecule has 2 heteroatoms. The lowest BCUT2D eigenvalue weighted by molar-refractivity contribution is 0.336. The van der Waals surface area contributed by atoms with Gasteiger partial charge < -0.3 is 5.73 Å². The maximum Gasteiger partial charge on any atom is 0.00516 e. The first-order valence-electron chi connectivity index (χ1n) is 4.20. The molecule has 0 radical (unpaired) electrons. The van der Waals surface area contributed by atoms with Crippen LogP contribution in [0.25, 0.3) is 0 Å². The Labute approximate surface area is 75.1 Å². The molecule has 0 aliphatic rings. The largest absolute Gasteiger partial charge is 0.328 e. The molecule has 0 saturated heterocycles. The van der Waals surface area contributed by atoms with Crippen LogP contribution in [0.1, 0.15) is 33.6 Å². The molecule has 0 aromatic rings. The third kappa shape index (κ3) is 8.21. The van der Waals surface area contributed by atoms with E-state index in [-0.39, 0.29) is 0 Å². The van der Waals surface area contributed by atoms with Gasteiger partial charge in [0.1, 0.15) is 0 Å². The van der Waals surface area contributed by atoms with Gasteiger partial charge in [-0.1, -0.05) is 20.8 Å². The SMILES string of the molecule is CSCC[C@H](N)CC(C)(C)C. The molecule has 0 aliphatic carbocycles. The summed E-state index contributed by atoms with van der Waals surface area (Å²) in [6.45, 7) is 6.73. The lowest BCUT2D eigenvalue weighted by atomic mass is 9.88. The molecule has 0 heterocycles. The van der Waals surface area contributed by atoms with Gasteiger partial charge in [0.2, 0.25) is 0 Å². The molecule has 0 rings (SSSR count). The standard InChI is InChI=1S/C9H21NS/c1-9(2,3)7-8(10)5-6-11-4/h8H,5-7,10H2,1-4H3/t8-/m0/s1. The summed E-state index contributed by atoms with van der Waals surface area (Å²) in [5.74, 6) is 1.19. The second-order valence-corrected chi connectivity index (χ2v) is 5.29. The van der Waals surface area contributed by atoms with Crippen molar-refractivity contribution in [1.82, 2.24) is 0 Å². The zero-order chi connectivity index (χ0) is 8.91. The minimum atomic E-state index is 0.387. The minimum absolute atomic E-state index is 0.387. The van der Waals surface area contributed by atoms with Crippen LogP contribution in [0.2, 0.25) is 0 Å². The predicted molar refractivity (Wildman–Crippen MR) is 55.0 cm³/mol. The third-order valence-corrected chi connectivity index (χ3v) is 2.21. The van der Waals surface area contributed by atoms with Crippen molar-refractivity contribution in [3.63, 3.8) is 0 Å². The predicted octanol–water partition coefficient (Wildman–Crippen LogP) is 2.50. The van der Waals surface area contributed by atoms with Gasteiger partial charge in [-0.3, -0.25) is 0 Å². The Kier molecular flexibility index (Phi) is 5.19. The molecule has 0 aliphatic heterocycles. The van der Waals surface area contributed by atoms with Gasteiger partial charge in [0.25, 0.3) is 0 Å². The summed E-state index contributed by atoms with van der Waals surface area (Å²) in [5.41, 5.74) is 6.32. The Hall–Kier alpha value is 0.310. The minimum Gasteiger partial charge on any atom is -0.328 e. The summed E-state index contributed by atoms with van der Waals surface area (Å²) >= 11 is 1.88. The molecule has 11 heavy (non-hydrogen) atoms. The average Bonchev–Trinajstić information content (AvgIpc) is 1.79. The zero-order valence-corrected chi connectivity index (χ0v) is 9.00. The van der Waals surface area contributed by atoms with Crippen LogP contribution < -0.4 is 5.73 Å². The van der Waals surface area contributed by atoms with E-state index >= 15 is 0 Å². The Morgan fingerprint density at radius 1 is 1.36 bits per heavy atom.